The van der Waals surface area contributed by atoms with E-state index in [-0.39, 0.29) is 11.1 Å². The molecule has 0 amide bonds. The van der Waals surface area contributed by atoms with Crippen LogP contribution in [0.3, 0.4) is 0 Å². The van der Waals surface area contributed by atoms with Crippen LogP contribution in [0, 0.1) is 27.7 Å². The van der Waals surface area contributed by atoms with Crippen molar-refractivity contribution in [1.29, 1.82) is 0 Å². The van der Waals surface area contributed by atoms with E-state index in [0.717, 1.165) is 0 Å². The number of aryl methyl sites for hydroxylation is 4. The van der Waals surface area contributed by atoms with E-state index in [4.69, 9.17) is 18.5 Å². The lowest BCUT2D eigenvalue weighted by atomic mass is 10.2. The molecule has 2 aromatic heterocycles. The first-order chi connectivity index (χ1) is 11.3. The van der Waals surface area contributed by atoms with Gasteiger partial charge in [-0.15, -0.1) is 0 Å². The highest BCUT2D eigenvalue weighted by Crippen LogP contribution is 2.14. The van der Waals surface area contributed by atoms with Gasteiger partial charge in [-0.1, -0.05) is 10.3 Å². The van der Waals surface area contributed by atoms with Gasteiger partial charge in [-0.05, 0) is 27.7 Å². The lowest BCUT2D eigenvalue weighted by Crippen LogP contribution is -2.21. The summed E-state index contributed by atoms with van der Waals surface area (Å²) in [7, 11) is 0. The van der Waals surface area contributed by atoms with Crippen LogP contribution in [0.4, 0.5) is 0 Å². The second-order valence-electron chi connectivity index (χ2n) is 5.09. The monoisotopic (exact) mass is 336 g/mol. The van der Waals surface area contributed by atoms with Crippen molar-refractivity contribution in [2.75, 3.05) is 13.2 Å². The summed E-state index contributed by atoms with van der Waals surface area (Å²) in [6, 6.07) is 0. The Morgan fingerprint density at radius 1 is 0.792 bits per heavy atom. The Hall–Kier alpha value is -2.97. The molecule has 24 heavy (non-hydrogen) atoms. The molecule has 0 fully saturated rings. The number of ketones is 1. The van der Waals surface area contributed by atoms with E-state index in [0.29, 0.717) is 22.9 Å². The van der Waals surface area contributed by atoms with Gasteiger partial charge in [0.15, 0.2) is 13.2 Å². The Labute approximate surface area is 136 Å². The minimum atomic E-state index is -0.725. The molecule has 0 aliphatic heterocycles. The van der Waals surface area contributed by atoms with Crippen molar-refractivity contribution in [1.82, 2.24) is 10.3 Å². The van der Waals surface area contributed by atoms with Gasteiger partial charge in [0.25, 0.3) is 0 Å². The second kappa shape index (κ2) is 7.07. The fourth-order valence-electron chi connectivity index (χ4n) is 2.03. The number of nitrogens with zero attached hydrogens (tertiary/aromatic N) is 2. The number of hydrogen-bond acceptors (Lipinski definition) is 9. The molecule has 0 aromatic carbocycles. The van der Waals surface area contributed by atoms with Crippen LogP contribution in [0.5, 0.6) is 0 Å². The molecule has 128 valence electrons. The largest absolute Gasteiger partial charge is 0.454 e. The zero-order chi connectivity index (χ0) is 17.9. The SMILES string of the molecule is Cc1noc(C)c1C(=O)OCC(=O)COC(=O)c1c(C)noc1C. The van der Waals surface area contributed by atoms with Crippen molar-refractivity contribution in [3.05, 3.63) is 34.0 Å². The van der Waals surface area contributed by atoms with Gasteiger partial charge in [0.2, 0.25) is 5.78 Å². The van der Waals surface area contributed by atoms with Crippen LogP contribution in [0.25, 0.3) is 0 Å². The van der Waals surface area contributed by atoms with Gasteiger partial charge >= 0.3 is 11.9 Å². The molecule has 9 nitrogen and oxygen atoms in total. The minimum Gasteiger partial charge on any atom is -0.454 e. The van der Waals surface area contributed by atoms with Gasteiger partial charge in [-0.2, -0.15) is 0 Å². The lowest BCUT2D eigenvalue weighted by molar-refractivity contribution is -0.125. The maximum Gasteiger partial charge on any atom is 0.344 e. The summed E-state index contributed by atoms with van der Waals surface area (Å²) in [5.41, 5.74) is 1.09. The number of hydrogen-bond donors (Lipinski definition) is 0. The molecular weight excluding hydrogens is 320 g/mol. The summed E-state index contributed by atoms with van der Waals surface area (Å²) >= 11 is 0. The molecule has 0 aliphatic carbocycles. The molecule has 0 N–H and O–H groups in total. The predicted molar refractivity (Wildman–Crippen MR) is 77.5 cm³/mol. The van der Waals surface area contributed by atoms with Crippen LogP contribution in [0.2, 0.25) is 0 Å². The molecule has 0 spiro atoms. The van der Waals surface area contributed by atoms with Crippen LogP contribution < -0.4 is 0 Å². The summed E-state index contributed by atoms with van der Waals surface area (Å²) in [4.78, 5) is 35.4. The highest BCUT2D eigenvalue weighted by Gasteiger charge is 2.22. The molecule has 0 bridgehead atoms. The van der Waals surface area contributed by atoms with Crippen LogP contribution in [0.1, 0.15) is 43.6 Å². The summed E-state index contributed by atoms with van der Waals surface area (Å²) < 4.78 is 19.4. The maximum absolute atomic E-state index is 11.9. The molecule has 2 heterocycles. The second-order valence-corrected chi connectivity index (χ2v) is 5.09. The van der Waals surface area contributed by atoms with E-state index in [9.17, 15) is 14.4 Å². The van der Waals surface area contributed by atoms with Gasteiger partial charge < -0.3 is 18.5 Å². The van der Waals surface area contributed by atoms with E-state index in [2.05, 4.69) is 10.3 Å². The third-order valence-electron chi connectivity index (χ3n) is 3.20. The van der Waals surface area contributed by atoms with Crippen molar-refractivity contribution < 1.29 is 32.9 Å². The molecule has 0 atom stereocenters. The highest BCUT2D eigenvalue weighted by atomic mass is 16.6. The van der Waals surface area contributed by atoms with Crippen molar-refractivity contribution in [3.8, 4) is 0 Å². The zero-order valence-corrected chi connectivity index (χ0v) is 13.7. The average Bonchev–Trinajstić information content (AvgIpc) is 3.04. The Bertz CT molecular complexity index is 685. The summed E-state index contributed by atoms with van der Waals surface area (Å²) in [6.07, 6.45) is 0. The van der Waals surface area contributed by atoms with E-state index in [1.54, 1.807) is 27.7 Å². The Morgan fingerprint density at radius 3 is 1.46 bits per heavy atom. The first kappa shape index (κ1) is 17.4. The topological polar surface area (TPSA) is 122 Å². The van der Waals surface area contributed by atoms with Crippen LogP contribution in [-0.2, 0) is 14.3 Å². The maximum atomic E-state index is 11.9. The number of aromatic nitrogens is 2. The van der Waals surface area contributed by atoms with Gasteiger partial charge in [-0.25, -0.2) is 9.59 Å². The minimum absolute atomic E-state index is 0.176. The van der Waals surface area contributed by atoms with Crippen molar-refractivity contribution in [2.24, 2.45) is 0 Å². The molecule has 0 aliphatic rings. The predicted octanol–water partition coefficient (Wildman–Crippen LogP) is 1.48. The fraction of sp³-hybridized carbons (Fsp3) is 0.400. The molecular formula is C15H16N2O7. The van der Waals surface area contributed by atoms with Gasteiger partial charge in [0.05, 0.1) is 11.4 Å². The fourth-order valence-corrected chi connectivity index (χ4v) is 2.03. The number of rotatable bonds is 6. The van der Waals surface area contributed by atoms with Gasteiger partial charge in [0.1, 0.15) is 22.6 Å². The van der Waals surface area contributed by atoms with E-state index >= 15 is 0 Å². The molecule has 0 saturated heterocycles. The summed E-state index contributed by atoms with van der Waals surface area (Å²) in [5.74, 6) is -1.42. The number of carbonyl (C=O) groups excluding carboxylic acids is 3. The standard InChI is InChI=1S/C15H16N2O7/c1-7-12(9(3)23-16-7)14(19)21-5-11(18)6-22-15(20)13-8(2)17-24-10(13)4/h5-6H2,1-4H3. The average molecular weight is 336 g/mol. The van der Waals surface area contributed by atoms with Crippen LogP contribution in [0.15, 0.2) is 9.05 Å². The number of esters is 2. The normalized spacial score (nSPS) is 10.5. The zero-order valence-electron chi connectivity index (χ0n) is 13.7. The third kappa shape index (κ3) is 3.67. The van der Waals surface area contributed by atoms with Crippen molar-refractivity contribution in [3.63, 3.8) is 0 Å². The molecule has 0 saturated carbocycles. The first-order valence-corrected chi connectivity index (χ1v) is 7.03. The van der Waals surface area contributed by atoms with Crippen molar-refractivity contribution >= 4 is 17.7 Å². The van der Waals surface area contributed by atoms with E-state index in [1.807, 2.05) is 0 Å². The Kier molecular flexibility index (Phi) is 5.12. The molecule has 2 aromatic rings. The Morgan fingerprint density at radius 2 is 1.17 bits per heavy atom. The summed E-state index contributed by atoms with van der Waals surface area (Å²) in [5, 5.41) is 7.25. The van der Waals surface area contributed by atoms with Gasteiger partial charge in [0, 0.05) is 0 Å². The number of ether oxygens (including phenoxy) is 2. The molecule has 0 radical (unpaired) electrons. The van der Waals surface area contributed by atoms with Crippen molar-refractivity contribution in [2.45, 2.75) is 27.7 Å². The van der Waals surface area contributed by atoms with Gasteiger partial charge in [-0.3, -0.25) is 4.79 Å². The van der Waals surface area contributed by atoms with Crippen LogP contribution >= 0.6 is 0 Å². The highest BCUT2D eigenvalue weighted by molar-refractivity contribution is 5.95. The lowest BCUT2D eigenvalue weighted by Gasteiger charge is -2.05. The quantitative estimate of drug-likeness (QED) is 0.722. The molecule has 9 heteroatoms. The van der Waals surface area contributed by atoms with E-state index < -0.39 is 30.9 Å². The molecule has 0 unspecified atom stereocenters. The summed E-state index contributed by atoms with van der Waals surface area (Å²) in [6.45, 7) is 5.23. The smallest absolute Gasteiger partial charge is 0.344 e. The third-order valence-corrected chi connectivity index (χ3v) is 3.20. The Balaban J connectivity index is 1.84. The van der Waals surface area contributed by atoms with E-state index in [1.165, 1.54) is 0 Å². The molecule has 2 rings (SSSR count). The number of carbonyl (C=O) groups is 3. The number of Topliss-reactive ketones (excluding diaryl/α,β-unsaturated/α-hetero) is 1. The first-order valence-electron chi connectivity index (χ1n) is 7.03. The van der Waals surface area contributed by atoms with Crippen LogP contribution in [-0.4, -0.2) is 41.2 Å².